The number of nitrogens with zero attached hydrogens (tertiary/aromatic N) is 2. The van der Waals surface area contributed by atoms with E-state index in [1.807, 2.05) is 0 Å². The summed E-state index contributed by atoms with van der Waals surface area (Å²) in [5, 5.41) is 12.1. The van der Waals surface area contributed by atoms with Crippen molar-refractivity contribution in [3.8, 4) is 10.9 Å². The Balaban J connectivity index is 1.93. The van der Waals surface area contributed by atoms with Crippen LogP contribution < -0.4 is 10.1 Å². The predicted octanol–water partition coefficient (Wildman–Crippen LogP) is 3.35. The molecule has 0 aliphatic rings. The Morgan fingerprint density at radius 3 is 2.75 bits per heavy atom. The molecule has 1 heterocycles. The number of halogens is 2. The highest BCUT2D eigenvalue weighted by atomic mass is 32.1. The lowest BCUT2D eigenvalue weighted by Crippen LogP contribution is -2.18. The fourth-order valence-electron chi connectivity index (χ4n) is 1.46. The quantitative estimate of drug-likeness (QED) is 0.888. The Hall–Kier alpha value is -1.60. The van der Waals surface area contributed by atoms with Gasteiger partial charge in [-0.1, -0.05) is 30.3 Å². The van der Waals surface area contributed by atoms with Crippen LogP contribution in [0.2, 0.25) is 0 Å². The molecule has 1 aromatic carbocycles. The summed E-state index contributed by atoms with van der Waals surface area (Å²) in [6.45, 7) is 5.73. The zero-order valence-corrected chi connectivity index (χ0v) is 12.0. The van der Waals surface area contributed by atoms with Crippen LogP contribution in [0.4, 0.5) is 8.78 Å². The first-order valence-corrected chi connectivity index (χ1v) is 7.02. The first kappa shape index (κ1) is 14.8. The topological polar surface area (TPSA) is 47.0 Å². The molecule has 0 radical (unpaired) electrons. The molecule has 1 N–H and O–H groups in total. The lowest BCUT2D eigenvalue weighted by Gasteiger charge is -2.04. The zero-order chi connectivity index (χ0) is 14.5. The minimum Gasteiger partial charge on any atom is -0.430 e. The third kappa shape index (κ3) is 4.21. The van der Waals surface area contributed by atoms with Gasteiger partial charge >= 0.3 is 0 Å². The van der Waals surface area contributed by atoms with Crippen LogP contribution in [0.5, 0.6) is 10.9 Å². The summed E-state index contributed by atoms with van der Waals surface area (Å²) in [4.78, 5) is 0. The van der Waals surface area contributed by atoms with E-state index in [4.69, 9.17) is 4.74 Å². The molecule has 20 heavy (non-hydrogen) atoms. The monoisotopic (exact) mass is 299 g/mol. The SMILES string of the molecule is CC(C)CNCc1nnc(Oc2ccc(F)c(F)c2)s1. The molecule has 7 heteroatoms. The second-order valence-corrected chi connectivity index (χ2v) is 5.69. The molecule has 1 aromatic heterocycles. The Morgan fingerprint density at radius 1 is 1.25 bits per heavy atom. The molecule has 2 aromatic rings. The average molecular weight is 299 g/mol. The highest BCUT2D eigenvalue weighted by Gasteiger charge is 2.08. The number of hydrogen-bond donors (Lipinski definition) is 1. The maximum Gasteiger partial charge on any atom is 0.299 e. The highest BCUT2D eigenvalue weighted by Crippen LogP contribution is 2.25. The number of rotatable bonds is 6. The molecule has 0 saturated heterocycles. The number of aromatic nitrogens is 2. The van der Waals surface area contributed by atoms with E-state index in [1.165, 1.54) is 17.4 Å². The molecule has 0 aliphatic carbocycles. The smallest absolute Gasteiger partial charge is 0.299 e. The van der Waals surface area contributed by atoms with Crippen LogP contribution >= 0.6 is 11.3 Å². The minimum absolute atomic E-state index is 0.196. The summed E-state index contributed by atoms with van der Waals surface area (Å²) in [6, 6.07) is 3.33. The number of nitrogens with one attached hydrogen (secondary N) is 1. The van der Waals surface area contributed by atoms with Crippen LogP contribution in [0.15, 0.2) is 18.2 Å². The van der Waals surface area contributed by atoms with Crippen LogP contribution in [0, 0.1) is 17.6 Å². The van der Waals surface area contributed by atoms with E-state index in [-0.39, 0.29) is 5.75 Å². The fourth-order valence-corrected chi connectivity index (χ4v) is 2.14. The van der Waals surface area contributed by atoms with Gasteiger partial charge in [-0.2, -0.15) is 0 Å². The highest BCUT2D eigenvalue weighted by molar-refractivity contribution is 7.13. The van der Waals surface area contributed by atoms with Crippen LogP contribution in [0.1, 0.15) is 18.9 Å². The second kappa shape index (κ2) is 6.71. The summed E-state index contributed by atoms with van der Waals surface area (Å²) >= 11 is 1.27. The second-order valence-electron chi connectivity index (χ2n) is 4.66. The maximum absolute atomic E-state index is 13.0. The van der Waals surface area contributed by atoms with Gasteiger partial charge in [-0.25, -0.2) is 8.78 Å². The molecule has 0 spiro atoms. The molecular weight excluding hydrogens is 284 g/mol. The molecule has 2 rings (SSSR count). The molecule has 0 aliphatic heterocycles. The van der Waals surface area contributed by atoms with Gasteiger partial charge in [0.05, 0.1) is 0 Å². The van der Waals surface area contributed by atoms with Gasteiger partial charge in [-0.15, -0.1) is 5.10 Å². The predicted molar refractivity (Wildman–Crippen MR) is 72.9 cm³/mol. The van der Waals surface area contributed by atoms with Gasteiger partial charge in [0.1, 0.15) is 10.8 Å². The van der Waals surface area contributed by atoms with Crippen LogP contribution in [-0.4, -0.2) is 16.7 Å². The number of ether oxygens (including phenoxy) is 1. The van der Waals surface area contributed by atoms with Gasteiger partial charge in [-0.05, 0) is 24.6 Å². The van der Waals surface area contributed by atoms with Gasteiger partial charge in [0.15, 0.2) is 11.6 Å². The van der Waals surface area contributed by atoms with Crippen LogP contribution in [-0.2, 0) is 6.54 Å². The summed E-state index contributed by atoms with van der Waals surface area (Å²) in [6.07, 6.45) is 0. The first-order chi connectivity index (χ1) is 9.54. The average Bonchev–Trinajstić information content (AvgIpc) is 2.81. The van der Waals surface area contributed by atoms with Crippen LogP contribution in [0.25, 0.3) is 0 Å². The Kier molecular flexibility index (Phi) is 4.97. The van der Waals surface area contributed by atoms with Crippen molar-refractivity contribution in [3.05, 3.63) is 34.8 Å². The Morgan fingerprint density at radius 2 is 2.05 bits per heavy atom. The van der Waals surface area contributed by atoms with Crippen molar-refractivity contribution < 1.29 is 13.5 Å². The fraction of sp³-hybridized carbons (Fsp3) is 0.385. The summed E-state index contributed by atoms with van der Waals surface area (Å²) < 4.78 is 31.1. The summed E-state index contributed by atoms with van der Waals surface area (Å²) in [7, 11) is 0. The maximum atomic E-state index is 13.0. The molecule has 0 atom stereocenters. The normalized spacial score (nSPS) is 11.1. The van der Waals surface area contributed by atoms with E-state index in [2.05, 4.69) is 29.4 Å². The molecule has 0 fully saturated rings. The minimum atomic E-state index is -0.953. The third-order valence-corrected chi connectivity index (χ3v) is 3.17. The van der Waals surface area contributed by atoms with Gasteiger partial charge in [-0.3, -0.25) is 0 Å². The van der Waals surface area contributed by atoms with Crippen molar-refractivity contribution in [2.75, 3.05) is 6.54 Å². The van der Waals surface area contributed by atoms with Crippen molar-refractivity contribution in [2.45, 2.75) is 20.4 Å². The summed E-state index contributed by atoms with van der Waals surface area (Å²) in [5.74, 6) is -1.11. The van der Waals surface area contributed by atoms with Crippen molar-refractivity contribution in [1.82, 2.24) is 15.5 Å². The van der Waals surface area contributed by atoms with E-state index >= 15 is 0 Å². The lowest BCUT2D eigenvalue weighted by atomic mass is 10.2. The van der Waals surface area contributed by atoms with Crippen molar-refractivity contribution >= 4 is 11.3 Å². The lowest BCUT2D eigenvalue weighted by molar-refractivity contribution is 0.455. The number of hydrogen-bond acceptors (Lipinski definition) is 5. The molecule has 0 saturated carbocycles. The zero-order valence-electron chi connectivity index (χ0n) is 11.2. The van der Waals surface area contributed by atoms with Gasteiger partial charge in [0, 0.05) is 12.6 Å². The van der Waals surface area contributed by atoms with Gasteiger partial charge in [0.2, 0.25) is 0 Å². The van der Waals surface area contributed by atoms with E-state index in [1.54, 1.807) is 0 Å². The van der Waals surface area contributed by atoms with Crippen molar-refractivity contribution in [2.24, 2.45) is 5.92 Å². The molecule has 0 bridgehead atoms. The summed E-state index contributed by atoms with van der Waals surface area (Å²) in [5.41, 5.74) is 0. The van der Waals surface area contributed by atoms with Crippen molar-refractivity contribution in [1.29, 1.82) is 0 Å². The Bertz CT molecular complexity index is 574. The van der Waals surface area contributed by atoms with Gasteiger partial charge < -0.3 is 10.1 Å². The standard InChI is InChI=1S/C13H15F2N3OS/c1-8(2)6-16-7-12-17-18-13(20-12)19-9-3-4-10(14)11(15)5-9/h3-5,8,16H,6-7H2,1-2H3. The Labute approximate surface area is 119 Å². The molecule has 4 nitrogen and oxygen atoms in total. The third-order valence-electron chi connectivity index (χ3n) is 2.37. The van der Waals surface area contributed by atoms with Crippen LogP contribution in [0.3, 0.4) is 0 Å². The first-order valence-electron chi connectivity index (χ1n) is 6.20. The van der Waals surface area contributed by atoms with E-state index in [9.17, 15) is 8.78 Å². The van der Waals surface area contributed by atoms with E-state index in [0.29, 0.717) is 17.7 Å². The number of benzene rings is 1. The largest absolute Gasteiger partial charge is 0.430 e. The molecule has 0 amide bonds. The van der Waals surface area contributed by atoms with Gasteiger partial charge in [0.25, 0.3) is 5.19 Å². The van der Waals surface area contributed by atoms with E-state index in [0.717, 1.165) is 23.7 Å². The molecule has 0 unspecified atom stereocenters. The molecular formula is C13H15F2N3OS. The van der Waals surface area contributed by atoms with E-state index < -0.39 is 11.6 Å². The molecule has 108 valence electrons. The van der Waals surface area contributed by atoms with Crippen molar-refractivity contribution in [3.63, 3.8) is 0 Å².